The molecular formula is C31H32N4O4. The summed E-state index contributed by atoms with van der Waals surface area (Å²) in [5.41, 5.74) is 4.92. The third-order valence-electron chi connectivity index (χ3n) is 6.98. The molecule has 1 saturated carbocycles. The third kappa shape index (κ3) is 5.95. The first-order valence-corrected chi connectivity index (χ1v) is 13.2. The van der Waals surface area contributed by atoms with Gasteiger partial charge in [-0.2, -0.15) is 9.78 Å². The van der Waals surface area contributed by atoms with Crippen molar-refractivity contribution in [2.75, 3.05) is 11.9 Å². The molecule has 4 aromatic rings. The number of nitrogens with one attached hydrogen (secondary N) is 2. The van der Waals surface area contributed by atoms with Gasteiger partial charge in [0.25, 0.3) is 5.91 Å². The maximum absolute atomic E-state index is 13.1. The van der Waals surface area contributed by atoms with Crippen LogP contribution < -0.4 is 15.4 Å². The summed E-state index contributed by atoms with van der Waals surface area (Å²) >= 11 is 0. The molecule has 0 unspecified atom stereocenters. The highest BCUT2D eigenvalue weighted by atomic mass is 16.5. The monoisotopic (exact) mass is 524 g/mol. The molecule has 8 heteroatoms. The highest BCUT2D eigenvalue weighted by molar-refractivity contribution is 6.04. The Kier molecular flexibility index (Phi) is 7.63. The summed E-state index contributed by atoms with van der Waals surface area (Å²) in [5, 5.41) is 21.2. The number of aryl methyl sites for hydroxylation is 1. The lowest BCUT2D eigenvalue weighted by atomic mass is 9.82. The average Bonchev–Trinajstić information content (AvgIpc) is 3.32. The summed E-state index contributed by atoms with van der Waals surface area (Å²) in [6.45, 7) is 4.87. The predicted octanol–water partition coefficient (Wildman–Crippen LogP) is 6.24. The Hall–Kier alpha value is -4.59. The third-order valence-corrected chi connectivity index (χ3v) is 6.98. The van der Waals surface area contributed by atoms with E-state index in [-0.39, 0.29) is 23.6 Å². The van der Waals surface area contributed by atoms with Crippen LogP contribution in [0, 0.1) is 6.92 Å². The van der Waals surface area contributed by atoms with Crippen molar-refractivity contribution in [1.29, 1.82) is 0 Å². The van der Waals surface area contributed by atoms with Gasteiger partial charge < -0.3 is 20.5 Å². The van der Waals surface area contributed by atoms with Gasteiger partial charge in [0, 0.05) is 35.3 Å². The van der Waals surface area contributed by atoms with Crippen molar-refractivity contribution >= 4 is 17.6 Å². The van der Waals surface area contributed by atoms with Crippen molar-refractivity contribution in [3.05, 3.63) is 95.2 Å². The minimum Gasteiger partial charge on any atom is -0.507 e. The molecule has 3 N–H and O–H groups in total. The number of aromatic hydroxyl groups is 1. The molecule has 3 aromatic carbocycles. The summed E-state index contributed by atoms with van der Waals surface area (Å²) < 4.78 is 6.85. The van der Waals surface area contributed by atoms with Crippen molar-refractivity contribution in [1.82, 2.24) is 15.1 Å². The van der Waals surface area contributed by atoms with Gasteiger partial charge in [-0.15, -0.1) is 0 Å². The fraction of sp³-hybridized carbons (Fsp3) is 0.258. The lowest BCUT2D eigenvalue weighted by molar-refractivity contribution is 0.102. The van der Waals surface area contributed by atoms with Gasteiger partial charge in [-0.25, -0.2) is 4.79 Å². The van der Waals surface area contributed by atoms with E-state index in [2.05, 4.69) is 15.7 Å². The van der Waals surface area contributed by atoms with E-state index in [9.17, 15) is 14.7 Å². The first kappa shape index (κ1) is 26.0. The highest BCUT2D eigenvalue weighted by Crippen LogP contribution is 2.39. The predicted molar refractivity (Wildman–Crippen MR) is 150 cm³/mol. The summed E-state index contributed by atoms with van der Waals surface area (Å²) in [5.74, 6) is 0.614. The summed E-state index contributed by atoms with van der Waals surface area (Å²) in [6.07, 6.45) is 3.11. The molecule has 8 nitrogen and oxygen atoms in total. The zero-order valence-electron chi connectivity index (χ0n) is 22.1. The molecule has 0 radical (unpaired) electrons. The molecule has 39 heavy (non-hydrogen) atoms. The zero-order valence-corrected chi connectivity index (χ0v) is 22.1. The quantitative estimate of drug-likeness (QED) is 0.253. The lowest BCUT2D eigenvalue weighted by Crippen LogP contribution is -2.31. The molecule has 1 aliphatic carbocycles. The number of phenolic OH excluding ortho intramolecular Hbond substituents is 1. The molecular weight excluding hydrogens is 492 g/mol. The molecule has 0 bridgehead atoms. The zero-order chi connectivity index (χ0) is 27.4. The van der Waals surface area contributed by atoms with Gasteiger partial charge in [0.15, 0.2) is 0 Å². The van der Waals surface area contributed by atoms with Crippen LogP contribution in [0.4, 0.5) is 10.5 Å². The van der Waals surface area contributed by atoms with E-state index < -0.39 is 0 Å². The lowest BCUT2D eigenvalue weighted by Gasteiger charge is -2.25. The molecule has 5 rings (SSSR count). The van der Waals surface area contributed by atoms with E-state index in [1.807, 2.05) is 44.2 Å². The number of carbonyl (C=O) groups excluding carboxylic acids is 2. The van der Waals surface area contributed by atoms with E-state index in [4.69, 9.17) is 4.74 Å². The molecule has 2 amide bonds. The second-order valence-electron chi connectivity index (χ2n) is 9.78. The Morgan fingerprint density at radius 2 is 1.77 bits per heavy atom. The Labute approximate surface area is 227 Å². The highest BCUT2D eigenvalue weighted by Gasteiger charge is 2.27. The maximum atomic E-state index is 13.1. The summed E-state index contributed by atoms with van der Waals surface area (Å²) in [4.78, 5) is 25.8. The Morgan fingerprint density at radius 3 is 2.41 bits per heavy atom. The standard InChI is InChI=1S/C31H32N4O4/c1-3-39-25-14-11-23(12-15-25)30(37)33-24-13-16-26(29(36)17-24)27-18-28(22-5-4-6-22)35(34-27)31(38)32-19-21-9-7-20(2)8-10-21/h7-18,22,36H,3-6,19H2,1-2H3,(H,32,38)(H,33,37). The number of hydrogen-bond donors (Lipinski definition) is 3. The van der Waals surface area contributed by atoms with Crippen molar-refractivity contribution < 1.29 is 19.4 Å². The van der Waals surface area contributed by atoms with E-state index in [0.717, 1.165) is 36.1 Å². The van der Waals surface area contributed by atoms with Crippen molar-refractivity contribution in [2.45, 2.75) is 45.6 Å². The van der Waals surface area contributed by atoms with E-state index in [1.165, 1.54) is 10.7 Å². The molecule has 0 aliphatic heterocycles. The number of amides is 2. The van der Waals surface area contributed by atoms with Gasteiger partial charge >= 0.3 is 6.03 Å². The van der Waals surface area contributed by atoms with Crippen molar-refractivity contribution in [2.24, 2.45) is 0 Å². The smallest absolute Gasteiger partial charge is 0.342 e. The van der Waals surface area contributed by atoms with E-state index in [1.54, 1.807) is 36.4 Å². The fourth-order valence-corrected chi connectivity index (χ4v) is 4.54. The topological polar surface area (TPSA) is 105 Å². The first-order chi connectivity index (χ1) is 18.9. The van der Waals surface area contributed by atoms with Gasteiger partial charge in [-0.1, -0.05) is 36.2 Å². The van der Waals surface area contributed by atoms with Crippen molar-refractivity contribution in [3.63, 3.8) is 0 Å². The second kappa shape index (κ2) is 11.4. The normalized spacial score (nSPS) is 13.0. The number of nitrogens with zero attached hydrogens (tertiary/aromatic N) is 2. The molecule has 1 aliphatic rings. The van der Waals surface area contributed by atoms with Crippen LogP contribution in [0.15, 0.2) is 72.8 Å². The largest absolute Gasteiger partial charge is 0.507 e. The number of phenols is 1. The van der Waals surface area contributed by atoms with Gasteiger partial charge in [0.1, 0.15) is 11.5 Å². The van der Waals surface area contributed by atoms with Crippen LogP contribution in [-0.2, 0) is 6.54 Å². The Bertz CT molecular complexity index is 1470. The van der Waals surface area contributed by atoms with Crippen LogP contribution in [0.1, 0.15) is 59.3 Å². The van der Waals surface area contributed by atoms with Gasteiger partial charge in [0.2, 0.25) is 0 Å². The second-order valence-corrected chi connectivity index (χ2v) is 9.78. The number of rotatable bonds is 8. The number of benzene rings is 3. The van der Waals surface area contributed by atoms with Crippen molar-refractivity contribution in [3.8, 4) is 22.8 Å². The van der Waals surface area contributed by atoms with Crippen LogP contribution in [0.25, 0.3) is 11.3 Å². The molecule has 0 atom stereocenters. The molecule has 1 fully saturated rings. The minimum atomic E-state index is -0.303. The van der Waals surface area contributed by atoms with E-state index in [0.29, 0.717) is 41.4 Å². The molecule has 1 heterocycles. The first-order valence-electron chi connectivity index (χ1n) is 13.2. The minimum absolute atomic E-state index is 0.0376. The SMILES string of the molecule is CCOc1ccc(C(=O)Nc2ccc(-c3cc(C4CCC4)n(C(=O)NCc4ccc(C)cc4)n3)c(O)c2)cc1. The molecule has 0 saturated heterocycles. The molecule has 200 valence electrons. The van der Waals surface area contributed by atoms with Gasteiger partial charge in [0.05, 0.1) is 18.0 Å². The van der Waals surface area contributed by atoms with Crippen LogP contribution in [-0.4, -0.2) is 33.4 Å². The average molecular weight is 525 g/mol. The van der Waals surface area contributed by atoms with E-state index >= 15 is 0 Å². The fourth-order valence-electron chi connectivity index (χ4n) is 4.54. The summed E-state index contributed by atoms with van der Waals surface area (Å²) in [7, 11) is 0. The van der Waals surface area contributed by atoms with Gasteiger partial charge in [-0.3, -0.25) is 4.79 Å². The van der Waals surface area contributed by atoms with Crippen LogP contribution in [0.3, 0.4) is 0 Å². The van der Waals surface area contributed by atoms with Crippen LogP contribution >= 0.6 is 0 Å². The number of aromatic nitrogens is 2. The van der Waals surface area contributed by atoms with Crippen LogP contribution in [0.5, 0.6) is 11.5 Å². The number of ether oxygens (including phenoxy) is 1. The van der Waals surface area contributed by atoms with Crippen LogP contribution in [0.2, 0.25) is 0 Å². The maximum Gasteiger partial charge on any atom is 0.342 e. The Morgan fingerprint density at radius 1 is 1.03 bits per heavy atom. The Balaban J connectivity index is 1.32. The number of carbonyl (C=O) groups is 2. The van der Waals surface area contributed by atoms with Gasteiger partial charge in [-0.05, 0) is 74.7 Å². The molecule has 1 aromatic heterocycles. The number of anilines is 1. The molecule has 0 spiro atoms. The number of hydrogen-bond acceptors (Lipinski definition) is 5. The summed E-state index contributed by atoms with van der Waals surface area (Å²) in [6, 6.07) is 21.3.